The average Bonchev–Trinajstić information content (AvgIpc) is 2.69. The highest BCUT2D eigenvalue weighted by Crippen LogP contribution is 2.55. The Kier molecular flexibility index (Phi) is 5.98. The van der Waals surface area contributed by atoms with Gasteiger partial charge >= 0.3 is 0 Å². The normalized spacial score (nSPS) is 13.8. The van der Waals surface area contributed by atoms with Crippen molar-refractivity contribution in [3.05, 3.63) is 91.4 Å². The topological polar surface area (TPSA) is 94.8 Å². The summed E-state index contributed by atoms with van der Waals surface area (Å²) < 4.78 is 34.0. The second kappa shape index (κ2) is 7.87. The summed E-state index contributed by atoms with van der Waals surface area (Å²) in [4.78, 5) is 0. The summed E-state index contributed by atoms with van der Waals surface area (Å²) in [7, 11) is -5.05. The molecule has 3 aromatic carbocycles. The third-order valence-corrected chi connectivity index (χ3v) is 7.57. The molecule has 0 aliphatic heterocycles. The van der Waals surface area contributed by atoms with Crippen LogP contribution in [0.1, 0.15) is 16.7 Å². The van der Waals surface area contributed by atoms with E-state index < -0.39 is 25.6 Å². The second-order valence-corrected chi connectivity index (χ2v) is 9.12. The summed E-state index contributed by atoms with van der Waals surface area (Å²) in [5, 5.41) is 18.4. The van der Waals surface area contributed by atoms with Crippen LogP contribution in [0.25, 0.3) is 0 Å². The Labute approximate surface area is 186 Å². The highest BCUT2D eigenvalue weighted by atomic mass is 35.5. The third-order valence-electron chi connectivity index (χ3n) is 4.43. The molecule has 3 rings (SSSR count). The molecule has 10 heteroatoms. The van der Waals surface area contributed by atoms with Gasteiger partial charge in [-0.15, -0.1) is 0 Å². The van der Waals surface area contributed by atoms with Gasteiger partial charge < -0.3 is 10.2 Å². The predicted molar refractivity (Wildman–Crippen MR) is 114 cm³/mol. The zero-order chi connectivity index (χ0) is 21.6. The molecule has 0 fully saturated rings. The molecule has 1 atom stereocenters. The summed E-state index contributed by atoms with van der Waals surface area (Å²) in [6.07, 6.45) is 0. The van der Waals surface area contributed by atoms with Gasteiger partial charge in [-0.3, -0.25) is 4.55 Å². The van der Waals surface area contributed by atoms with E-state index in [1.807, 2.05) is 0 Å². The highest BCUT2D eigenvalue weighted by Gasteiger charge is 2.52. The number of phenolic OH excluding ortho intramolecular Hbond substituents is 2. The summed E-state index contributed by atoms with van der Waals surface area (Å²) in [6, 6.07) is 12.6. The van der Waals surface area contributed by atoms with E-state index in [9.17, 15) is 23.2 Å². The van der Waals surface area contributed by atoms with Crippen molar-refractivity contribution in [2.75, 3.05) is 0 Å². The monoisotopic (exact) mass is 492 g/mol. The zero-order valence-corrected chi connectivity index (χ0v) is 18.1. The first-order valence-corrected chi connectivity index (χ1v) is 10.9. The predicted octanol–water partition coefficient (Wildman–Crippen LogP) is 5.89. The molecule has 0 bridgehead atoms. The number of phenols is 2. The van der Waals surface area contributed by atoms with Crippen LogP contribution in [0.15, 0.2) is 54.6 Å². The summed E-state index contributed by atoms with van der Waals surface area (Å²) >= 11 is 24.7. The number of rotatable bonds is 4. The molecule has 0 aromatic heterocycles. The van der Waals surface area contributed by atoms with Gasteiger partial charge in [0.2, 0.25) is 0 Å². The van der Waals surface area contributed by atoms with Crippen molar-refractivity contribution in [1.82, 2.24) is 0 Å². The minimum Gasteiger partial charge on any atom is -0.508 e. The lowest BCUT2D eigenvalue weighted by molar-refractivity contribution is 0.455. The van der Waals surface area contributed by atoms with Gasteiger partial charge in [-0.2, -0.15) is 8.42 Å². The van der Waals surface area contributed by atoms with E-state index in [4.69, 9.17) is 46.4 Å². The quantitative estimate of drug-likeness (QED) is 0.182. The lowest BCUT2D eigenvalue weighted by atomic mass is 9.83. The SMILES string of the molecule is O=S(=O)(O)C(c1ccccc1)(c1ccc(O)cc1)c1c(Cl)c(O)c(Cl)c(Cl)c1Cl. The summed E-state index contributed by atoms with van der Waals surface area (Å²) in [5.74, 6) is -0.833. The standard InChI is InChI=1S/C19H12Cl4O5S/c20-14-13(15(21)18(25)17(23)16(14)22)19(29(26,27)28,10-4-2-1-3-5-10)11-6-8-12(24)9-7-11/h1-9,24-25H,(H,26,27,28). The molecule has 0 spiro atoms. The van der Waals surface area contributed by atoms with Crippen LogP contribution >= 0.6 is 46.4 Å². The van der Waals surface area contributed by atoms with Crippen LogP contribution in [0.5, 0.6) is 11.5 Å². The molecule has 1 unspecified atom stereocenters. The van der Waals surface area contributed by atoms with Gasteiger partial charge in [0, 0.05) is 5.56 Å². The number of hydrogen-bond acceptors (Lipinski definition) is 4. The zero-order valence-electron chi connectivity index (χ0n) is 14.3. The fourth-order valence-corrected chi connectivity index (χ4v) is 5.80. The van der Waals surface area contributed by atoms with Gasteiger partial charge in [0.25, 0.3) is 10.1 Å². The molecule has 0 saturated heterocycles. The molecule has 29 heavy (non-hydrogen) atoms. The van der Waals surface area contributed by atoms with E-state index in [2.05, 4.69) is 0 Å². The smallest absolute Gasteiger partial charge is 0.283 e. The number of halogens is 4. The first kappa shape index (κ1) is 22.0. The van der Waals surface area contributed by atoms with Crippen LogP contribution in [0, 0.1) is 0 Å². The summed E-state index contributed by atoms with van der Waals surface area (Å²) in [6.45, 7) is 0. The van der Waals surface area contributed by atoms with Crippen LogP contribution in [0.4, 0.5) is 0 Å². The Morgan fingerprint density at radius 1 is 0.690 bits per heavy atom. The number of benzene rings is 3. The molecule has 0 aliphatic rings. The molecule has 0 saturated carbocycles. The minimum atomic E-state index is -5.05. The fraction of sp³-hybridized carbons (Fsp3) is 0.0526. The molecular weight excluding hydrogens is 482 g/mol. The van der Waals surface area contributed by atoms with Gasteiger partial charge in [0.15, 0.2) is 10.5 Å². The van der Waals surface area contributed by atoms with Crippen LogP contribution in [0.3, 0.4) is 0 Å². The van der Waals surface area contributed by atoms with Gasteiger partial charge in [-0.05, 0) is 23.3 Å². The molecule has 3 aromatic rings. The van der Waals surface area contributed by atoms with E-state index in [1.54, 1.807) is 18.2 Å². The Morgan fingerprint density at radius 2 is 1.21 bits per heavy atom. The molecule has 0 amide bonds. The number of hydrogen-bond donors (Lipinski definition) is 3. The van der Waals surface area contributed by atoms with E-state index in [0.717, 1.165) is 0 Å². The van der Waals surface area contributed by atoms with Crippen LogP contribution in [-0.2, 0) is 14.9 Å². The van der Waals surface area contributed by atoms with Gasteiger partial charge in [0.05, 0.1) is 15.1 Å². The minimum absolute atomic E-state index is 0.00871. The van der Waals surface area contributed by atoms with E-state index in [-0.39, 0.29) is 37.5 Å². The van der Waals surface area contributed by atoms with Crippen molar-refractivity contribution in [2.45, 2.75) is 4.75 Å². The largest absolute Gasteiger partial charge is 0.508 e. The van der Waals surface area contributed by atoms with Gasteiger partial charge in [0.1, 0.15) is 10.8 Å². The molecule has 0 heterocycles. The Bertz CT molecular complexity index is 1150. The molecule has 5 nitrogen and oxygen atoms in total. The Hall–Kier alpha value is -1.67. The highest BCUT2D eigenvalue weighted by molar-refractivity contribution is 7.87. The van der Waals surface area contributed by atoms with Crippen LogP contribution in [0.2, 0.25) is 20.1 Å². The second-order valence-electron chi connectivity index (χ2n) is 6.05. The van der Waals surface area contributed by atoms with Crippen molar-refractivity contribution in [1.29, 1.82) is 0 Å². The first-order valence-electron chi connectivity index (χ1n) is 7.91. The third kappa shape index (κ3) is 3.44. The first-order chi connectivity index (χ1) is 13.5. The maximum Gasteiger partial charge on any atom is 0.283 e. The number of aromatic hydroxyl groups is 2. The van der Waals surface area contributed by atoms with Crippen molar-refractivity contribution < 1.29 is 23.2 Å². The average molecular weight is 494 g/mol. The molecular formula is C19H12Cl4O5S. The van der Waals surface area contributed by atoms with E-state index in [1.165, 1.54) is 36.4 Å². The van der Waals surface area contributed by atoms with Crippen molar-refractivity contribution >= 4 is 56.5 Å². The van der Waals surface area contributed by atoms with Crippen LogP contribution < -0.4 is 0 Å². The van der Waals surface area contributed by atoms with Crippen LogP contribution in [-0.4, -0.2) is 23.2 Å². The maximum absolute atomic E-state index is 13.0. The molecule has 3 N–H and O–H groups in total. The van der Waals surface area contributed by atoms with Crippen molar-refractivity contribution in [2.24, 2.45) is 0 Å². The van der Waals surface area contributed by atoms with E-state index in [0.29, 0.717) is 0 Å². The molecule has 0 aliphatic carbocycles. The van der Waals surface area contributed by atoms with E-state index >= 15 is 0 Å². The lowest BCUT2D eigenvalue weighted by Crippen LogP contribution is -2.39. The van der Waals surface area contributed by atoms with Crippen molar-refractivity contribution in [3.63, 3.8) is 0 Å². The molecule has 152 valence electrons. The Balaban J connectivity index is 2.64. The van der Waals surface area contributed by atoms with Gasteiger partial charge in [-0.25, -0.2) is 0 Å². The Morgan fingerprint density at radius 3 is 1.72 bits per heavy atom. The summed E-state index contributed by atoms with van der Waals surface area (Å²) in [5.41, 5.74) is -0.326. The maximum atomic E-state index is 13.0. The van der Waals surface area contributed by atoms with Gasteiger partial charge in [-0.1, -0.05) is 88.9 Å². The molecule has 0 radical (unpaired) electrons. The van der Waals surface area contributed by atoms with Crippen molar-refractivity contribution in [3.8, 4) is 11.5 Å². The fourth-order valence-electron chi connectivity index (χ4n) is 3.18. The lowest BCUT2D eigenvalue weighted by Gasteiger charge is -2.34.